The number of allylic oxidation sites excluding steroid dienone is 1. The second-order valence-electron chi connectivity index (χ2n) is 7.17. The zero-order valence-electron chi connectivity index (χ0n) is 16.5. The Morgan fingerprint density at radius 2 is 1.66 bits per heavy atom. The number of Topliss-reactive ketones (excluding diaryl/α,β-unsaturated/α-hetero) is 1. The summed E-state index contributed by atoms with van der Waals surface area (Å²) in [6, 6.07) is 18.3. The minimum atomic E-state index is -0.442. The van der Waals surface area contributed by atoms with E-state index in [9.17, 15) is 9.59 Å². The molecule has 29 heavy (non-hydrogen) atoms. The van der Waals surface area contributed by atoms with Crippen molar-refractivity contribution in [1.82, 2.24) is 0 Å². The maximum absolute atomic E-state index is 12.8. The monoisotopic (exact) mass is 384 g/mol. The molecule has 0 aromatic heterocycles. The molecule has 3 aromatic rings. The lowest BCUT2D eigenvalue weighted by molar-refractivity contribution is 0.0733. The van der Waals surface area contributed by atoms with Gasteiger partial charge < -0.3 is 9.47 Å². The van der Waals surface area contributed by atoms with Crippen LogP contribution in [0.2, 0.25) is 0 Å². The first kappa shape index (κ1) is 18.7. The third kappa shape index (κ3) is 3.69. The molecule has 1 heterocycles. The standard InChI is InChI=1S/C25H20O4/c1-15-8-10-18(11-9-15)13-22-24(26)23-17(3)12-19(14-21(23)29-22)28-25(27)20-7-5-4-6-16(20)2/h4-14H,1-3H3/b22-13-. The van der Waals surface area contributed by atoms with Crippen molar-refractivity contribution >= 4 is 17.8 Å². The maximum atomic E-state index is 12.8. The van der Waals surface area contributed by atoms with Gasteiger partial charge in [-0.2, -0.15) is 0 Å². The van der Waals surface area contributed by atoms with Crippen molar-refractivity contribution in [1.29, 1.82) is 0 Å². The summed E-state index contributed by atoms with van der Waals surface area (Å²) in [5.41, 5.74) is 4.57. The zero-order valence-corrected chi connectivity index (χ0v) is 16.5. The van der Waals surface area contributed by atoms with Gasteiger partial charge in [-0.1, -0.05) is 48.0 Å². The summed E-state index contributed by atoms with van der Waals surface area (Å²) in [6.07, 6.45) is 1.72. The Labute approximate surface area is 169 Å². The van der Waals surface area contributed by atoms with Gasteiger partial charge >= 0.3 is 5.97 Å². The molecule has 0 saturated heterocycles. The quantitative estimate of drug-likeness (QED) is 0.342. The van der Waals surface area contributed by atoms with E-state index >= 15 is 0 Å². The van der Waals surface area contributed by atoms with E-state index in [0.717, 1.165) is 16.7 Å². The van der Waals surface area contributed by atoms with Crippen LogP contribution >= 0.6 is 0 Å². The number of hydrogen-bond donors (Lipinski definition) is 0. The zero-order chi connectivity index (χ0) is 20.5. The van der Waals surface area contributed by atoms with Gasteiger partial charge in [0.05, 0.1) is 11.1 Å². The van der Waals surface area contributed by atoms with E-state index in [1.54, 1.807) is 37.3 Å². The summed E-state index contributed by atoms with van der Waals surface area (Å²) in [4.78, 5) is 25.3. The summed E-state index contributed by atoms with van der Waals surface area (Å²) in [5, 5.41) is 0. The first-order valence-electron chi connectivity index (χ1n) is 9.36. The third-order valence-electron chi connectivity index (χ3n) is 4.89. The molecule has 0 radical (unpaired) electrons. The summed E-state index contributed by atoms with van der Waals surface area (Å²) < 4.78 is 11.3. The lowest BCUT2D eigenvalue weighted by Gasteiger charge is -2.09. The predicted octanol–water partition coefficient (Wildman–Crippen LogP) is 5.45. The number of ether oxygens (including phenoxy) is 2. The Hall–Kier alpha value is -3.66. The van der Waals surface area contributed by atoms with Crippen LogP contribution in [0, 0.1) is 20.8 Å². The number of esters is 1. The molecular weight excluding hydrogens is 364 g/mol. The molecule has 0 saturated carbocycles. The predicted molar refractivity (Wildman–Crippen MR) is 111 cm³/mol. The van der Waals surface area contributed by atoms with Crippen LogP contribution in [0.25, 0.3) is 6.08 Å². The molecule has 0 N–H and O–H groups in total. The van der Waals surface area contributed by atoms with Gasteiger partial charge in [-0.15, -0.1) is 0 Å². The van der Waals surface area contributed by atoms with E-state index in [0.29, 0.717) is 28.2 Å². The number of carbonyl (C=O) groups excluding carboxylic acids is 2. The highest BCUT2D eigenvalue weighted by Crippen LogP contribution is 2.37. The van der Waals surface area contributed by atoms with Crippen LogP contribution in [0.1, 0.15) is 43.0 Å². The second kappa shape index (κ2) is 7.40. The average Bonchev–Trinajstić information content (AvgIpc) is 2.99. The molecule has 0 atom stereocenters. The van der Waals surface area contributed by atoms with E-state index in [-0.39, 0.29) is 11.5 Å². The van der Waals surface area contributed by atoms with Crippen molar-refractivity contribution in [3.8, 4) is 11.5 Å². The Morgan fingerprint density at radius 3 is 2.38 bits per heavy atom. The van der Waals surface area contributed by atoms with Crippen molar-refractivity contribution in [3.05, 3.63) is 99.8 Å². The molecule has 4 rings (SSSR count). The van der Waals surface area contributed by atoms with Crippen molar-refractivity contribution in [2.45, 2.75) is 20.8 Å². The summed E-state index contributed by atoms with van der Waals surface area (Å²) in [5.74, 6) is 0.395. The van der Waals surface area contributed by atoms with E-state index in [2.05, 4.69) is 0 Å². The van der Waals surface area contributed by atoms with Crippen molar-refractivity contribution in [2.24, 2.45) is 0 Å². The lowest BCUT2D eigenvalue weighted by atomic mass is 10.0. The molecule has 1 aliphatic heterocycles. The highest BCUT2D eigenvalue weighted by molar-refractivity contribution is 6.15. The summed E-state index contributed by atoms with van der Waals surface area (Å²) in [6.45, 7) is 5.67. The highest BCUT2D eigenvalue weighted by Gasteiger charge is 2.30. The summed E-state index contributed by atoms with van der Waals surface area (Å²) in [7, 11) is 0. The fourth-order valence-electron chi connectivity index (χ4n) is 3.31. The number of rotatable bonds is 3. The fraction of sp³-hybridized carbons (Fsp3) is 0.120. The number of carbonyl (C=O) groups is 2. The van der Waals surface area contributed by atoms with Gasteiger partial charge in [0.15, 0.2) is 5.76 Å². The van der Waals surface area contributed by atoms with Crippen LogP contribution in [0.3, 0.4) is 0 Å². The van der Waals surface area contributed by atoms with Crippen molar-refractivity contribution in [3.63, 3.8) is 0 Å². The van der Waals surface area contributed by atoms with Gasteiger partial charge in [0.25, 0.3) is 0 Å². The molecule has 0 spiro atoms. The first-order chi connectivity index (χ1) is 13.9. The largest absolute Gasteiger partial charge is 0.452 e. The molecule has 1 aliphatic rings. The average molecular weight is 384 g/mol. The van der Waals surface area contributed by atoms with Crippen LogP contribution in [0.5, 0.6) is 11.5 Å². The van der Waals surface area contributed by atoms with Gasteiger partial charge in [-0.3, -0.25) is 4.79 Å². The number of benzene rings is 3. The smallest absolute Gasteiger partial charge is 0.343 e. The van der Waals surface area contributed by atoms with Gasteiger partial charge in [-0.05, 0) is 55.7 Å². The Morgan fingerprint density at radius 1 is 0.931 bits per heavy atom. The number of hydrogen-bond acceptors (Lipinski definition) is 4. The van der Waals surface area contributed by atoms with Crippen LogP contribution in [0.15, 0.2) is 66.4 Å². The van der Waals surface area contributed by atoms with Crippen LogP contribution in [0.4, 0.5) is 0 Å². The molecule has 3 aromatic carbocycles. The van der Waals surface area contributed by atoms with E-state index in [4.69, 9.17) is 9.47 Å². The van der Waals surface area contributed by atoms with Crippen molar-refractivity contribution < 1.29 is 19.1 Å². The van der Waals surface area contributed by atoms with Crippen LogP contribution in [-0.4, -0.2) is 11.8 Å². The molecule has 0 bridgehead atoms. The summed E-state index contributed by atoms with van der Waals surface area (Å²) >= 11 is 0. The van der Waals surface area contributed by atoms with Crippen LogP contribution < -0.4 is 9.47 Å². The molecule has 0 unspecified atom stereocenters. The lowest BCUT2D eigenvalue weighted by Crippen LogP contribution is -2.10. The minimum Gasteiger partial charge on any atom is -0.452 e. The molecule has 0 fully saturated rings. The Kier molecular flexibility index (Phi) is 4.77. The molecule has 0 amide bonds. The Bertz CT molecular complexity index is 1150. The van der Waals surface area contributed by atoms with Gasteiger partial charge in [-0.25, -0.2) is 4.79 Å². The Balaban J connectivity index is 1.62. The first-order valence-corrected chi connectivity index (χ1v) is 9.36. The molecule has 144 valence electrons. The van der Waals surface area contributed by atoms with E-state index < -0.39 is 5.97 Å². The van der Waals surface area contributed by atoms with E-state index in [1.807, 2.05) is 50.2 Å². The molecule has 0 aliphatic carbocycles. The molecular formula is C25H20O4. The maximum Gasteiger partial charge on any atom is 0.343 e. The van der Waals surface area contributed by atoms with Crippen molar-refractivity contribution in [2.75, 3.05) is 0 Å². The van der Waals surface area contributed by atoms with Gasteiger partial charge in [0, 0.05) is 6.07 Å². The molecule has 4 heteroatoms. The van der Waals surface area contributed by atoms with E-state index in [1.165, 1.54) is 0 Å². The normalized spacial score (nSPS) is 13.9. The number of fused-ring (bicyclic) bond motifs is 1. The van der Waals surface area contributed by atoms with Crippen LogP contribution in [-0.2, 0) is 0 Å². The topological polar surface area (TPSA) is 52.6 Å². The third-order valence-corrected chi connectivity index (χ3v) is 4.89. The number of ketones is 1. The fourth-order valence-corrected chi connectivity index (χ4v) is 3.31. The van der Waals surface area contributed by atoms with Gasteiger partial charge in [0.2, 0.25) is 5.78 Å². The highest BCUT2D eigenvalue weighted by atomic mass is 16.5. The second-order valence-corrected chi connectivity index (χ2v) is 7.17. The number of aryl methyl sites for hydroxylation is 3. The SMILES string of the molecule is Cc1ccc(/C=C2\Oc3cc(OC(=O)c4ccccc4C)cc(C)c3C2=O)cc1. The molecule has 4 nitrogen and oxygen atoms in total. The minimum absolute atomic E-state index is 0.171. The van der Waals surface area contributed by atoms with Gasteiger partial charge in [0.1, 0.15) is 11.5 Å².